The molecule has 2 aliphatic rings. The molecule has 1 N–H and O–H groups in total. The van der Waals surface area contributed by atoms with Crippen LogP contribution in [0.3, 0.4) is 0 Å². The lowest BCUT2D eigenvalue weighted by Crippen LogP contribution is -2.30. The average Bonchev–Trinajstić information content (AvgIpc) is 2.39. The Balaban J connectivity index is 2.19. The highest BCUT2D eigenvalue weighted by atomic mass is 16.3. The SMILES string of the molecule is O=C1C[C@H](O)C2CCCN12. The van der Waals surface area contributed by atoms with Crippen LogP contribution in [0.25, 0.3) is 0 Å². The van der Waals surface area contributed by atoms with Crippen LogP contribution in [0.15, 0.2) is 0 Å². The number of aliphatic hydroxyl groups is 1. The first-order chi connectivity index (χ1) is 4.79. The maximum atomic E-state index is 11.0. The van der Waals surface area contributed by atoms with Crippen molar-refractivity contribution in [2.24, 2.45) is 0 Å². The molecule has 10 heavy (non-hydrogen) atoms. The second kappa shape index (κ2) is 1.95. The normalized spacial score (nSPS) is 38.9. The first kappa shape index (κ1) is 6.16. The summed E-state index contributed by atoms with van der Waals surface area (Å²) in [4.78, 5) is 12.8. The summed E-state index contributed by atoms with van der Waals surface area (Å²) in [5, 5.41) is 9.31. The summed E-state index contributed by atoms with van der Waals surface area (Å²) < 4.78 is 0. The molecule has 1 unspecified atom stereocenters. The highest BCUT2D eigenvalue weighted by molar-refractivity contribution is 5.80. The maximum absolute atomic E-state index is 11.0. The van der Waals surface area contributed by atoms with Gasteiger partial charge in [-0.3, -0.25) is 4.79 Å². The van der Waals surface area contributed by atoms with E-state index in [1.807, 2.05) is 4.90 Å². The van der Waals surface area contributed by atoms with Crippen LogP contribution in [0.1, 0.15) is 19.3 Å². The van der Waals surface area contributed by atoms with Gasteiger partial charge in [0.15, 0.2) is 0 Å². The van der Waals surface area contributed by atoms with Crippen LogP contribution in [0.5, 0.6) is 0 Å². The zero-order valence-electron chi connectivity index (χ0n) is 5.79. The van der Waals surface area contributed by atoms with Crippen molar-refractivity contribution in [1.29, 1.82) is 0 Å². The van der Waals surface area contributed by atoms with Gasteiger partial charge in [-0.1, -0.05) is 0 Å². The van der Waals surface area contributed by atoms with E-state index in [0.717, 1.165) is 19.4 Å². The van der Waals surface area contributed by atoms with E-state index < -0.39 is 0 Å². The number of nitrogens with zero attached hydrogens (tertiary/aromatic N) is 1. The van der Waals surface area contributed by atoms with E-state index in [2.05, 4.69) is 0 Å². The van der Waals surface area contributed by atoms with Gasteiger partial charge in [0.2, 0.25) is 5.91 Å². The van der Waals surface area contributed by atoms with Gasteiger partial charge in [-0.2, -0.15) is 0 Å². The fourth-order valence-electron chi connectivity index (χ4n) is 1.93. The Kier molecular flexibility index (Phi) is 1.20. The molecular weight excluding hydrogens is 130 g/mol. The van der Waals surface area contributed by atoms with Crippen molar-refractivity contribution < 1.29 is 9.90 Å². The topological polar surface area (TPSA) is 40.5 Å². The largest absolute Gasteiger partial charge is 0.390 e. The van der Waals surface area contributed by atoms with Crippen LogP contribution < -0.4 is 0 Å². The number of carbonyl (C=O) groups excluding carboxylic acids is 1. The summed E-state index contributed by atoms with van der Waals surface area (Å²) in [6.07, 6.45) is 2.03. The molecule has 2 aliphatic heterocycles. The third-order valence-corrected chi connectivity index (χ3v) is 2.45. The van der Waals surface area contributed by atoms with Gasteiger partial charge >= 0.3 is 0 Å². The standard InChI is InChI=1S/C7H11NO2/c9-6-4-7(10)8-3-1-2-5(6)8/h5-6,9H,1-4H2/t5?,6-/m0/s1. The van der Waals surface area contributed by atoms with E-state index in [1.165, 1.54) is 0 Å². The summed E-state index contributed by atoms with van der Waals surface area (Å²) in [5.74, 6) is 0.134. The molecule has 0 radical (unpaired) electrons. The highest BCUT2D eigenvalue weighted by Gasteiger charge is 2.41. The van der Waals surface area contributed by atoms with Gasteiger partial charge in [0, 0.05) is 6.54 Å². The van der Waals surface area contributed by atoms with Gasteiger partial charge in [0.05, 0.1) is 18.6 Å². The molecule has 56 valence electrons. The molecule has 2 fully saturated rings. The summed E-state index contributed by atoms with van der Waals surface area (Å²) in [6.45, 7) is 0.862. The fraction of sp³-hybridized carbons (Fsp3) is 0.857. The summed E-state index contributed by atoms with van der Waals surface area (Å²) in [6, 6.07) is 0.160. The first-order valence-electron chi connectivity index (χ1n) is 3.76. The molecule has 3 heteroatoms. The minimum absolute atomic E-state index is 0.134. The van der Waals surface area contributed by atoms with Crippen molar-refractivity contribution in [3.8, 4) is 0 Å². The lowest BCUT2D eigenvalue weighted by Gasteiger charge is -2.15. The molecule has 1 amide bonds. The van der Waals surface area contributed by atoms with Crippen molar-refractivity contribution in [3.63, 3.8) is 0 Å². The zero-order chi connectivity index (χ0) is 7.14. The first-order valence-corrected chi connectivity index (χ1v) is 3.76. The van der Waals surface area contributed by atoms with Gasteiger partial charge in [0.1, 0.15) is 0 Å². The van der Waals surface area contributed by atoms with Gasteiger partial charge < -0.3 is 10.0 Å². The smallest absolute Gasteiger partial charge is 0.225 e. The molecule has 2 saturated heterocycles. The summed E-state index contributed by atoms with van der Waals surface area (Å²) >= 11 is 0. The number of hydrogen-bond acceptors (Lipinski definition) is 2. The second-order valence-electron chi connectivity index (χ2n) is 3.07. The van der Waals surface area contributed by atoms with Gasteiger partial charge in [-0.25, -0.2) is 0 Å². The predicted molar refractivity (Wildman–Crippen MR) is 35.4 cm³/mol. The lowest BCUT2D eigenvalue weighted by atomic mass is 10.1. The number of fused-ring (bicyclic) bond motifs is 1. The van der Waals surface area contributed by atoms with Crippen molar-refractivity contribution in [3.05, 3.63) is 0 Å². The molecule has 0 aliphatic carbocycles. The molecule has 0 aromatic carbocycles. The quantitative estimate of drug-likeness (QED) is 0.505. The van der Waals surface area contributed by atoms with E-state index in [9.17, 15) is 9.90 Å². The minimum Gasteiger partial charge on any atom is -0.390 e. The molecule has 0 bridgehead atoms. The van der Waals surface area contributed by atoms with Crippen molar-refractivity contribution in [2.75, 3.05) is 6.54 Å². The molecule has 2 rings (SSSR count). The van der Waals surface area contributed by atoms with Crippen LogP contribution in [-0.2, 0) is 4.79 Å². The molecule has 0 aromatic heterocycles. The third kappa shape index (κ3) is 0.669. The Hall–Kier alpha value is -0.570. The summed E-state index contributed by atoms with van der Waals surface area (Å²) in [7, 11) is 0. The van der Waals surface area contributed by atoms with E-state index in [-0.39, 0.29) is 18.1 Å². The Morgan fingerprint density at radius 3 is 3.10 bits per heavy atom. The Morgan fingerprint density at radius 1 is 1.60 bits per heavy atom. The second-order valence-corrected chi connectivity index (χ2v) is 3.07. The van der Waals surface area contributed by atoms with Crippen molar-refractivity contribution >= 4 is 5.91 Å². The van der Waals surface area contributed by atoms with Gasteiger partial charge in [-0.15, -0.1) is 0 Å². The molecule has 0 spiro atoms. The average molecular weight is 141 g/mol. The van der Waals surface area contributed by atoms with Gasteiger partial charge in [0.25, 0.3) is 0 Å². The lowest BCUT2D eigenvalue weighted by molar-refractivity contribution is -0.127. The number of aliphatic hydroxyl groups excluding tert-OH is 1. The summed E-state index contributed by atoms with van der Waals surface area (Å²) in [5.41, 5.74) is 0. The number of rotatable bonds is 0. The Labute approximate surface area is 59.6 Å². The molecular formula is C7H11NO2. The third-order valence-electron chi connectivity index (χ3n) is 2.45. The number of amides is 1. The molecule has 2 atom stereocenters. The van der Waals surface area contributed by atoms with Crippen LogP contribution in [0, 0.1) is 0 Å². The Bertz CT molecular complexity index is 169. The maximum Gasteiger partial charge on any atom is 0.225 e. The van der Waals surface area contributed by atoms with Crippen LogP contribution in [0.2, 0.25) is 0 Å². The van der Waals surface area contributed by atoms with E-state index in [0.29, 0.717) is 6.42 Å². The Morgan fingerprint density at radius 2 is 2.40 bits per heavy atom. The van der Waals surface area contributed by atoms with Crippen LogP contribution >= 0.6 is 0 Å². The number of hydrogen-bond donors (Lipinski definition) is 1. The van der Waals surface area contributed by atoms with E-state index in [4.69, 9.17) is 0 Å². The van der Waals surface area contributed by atoms with Crippen LogP contribution in [0.4, 0.5) is 0 Å². The highest BCUT2D eigenvalue weighted by Crippen LogP contribution is 2.28. The molecule has 2 heterocycles. The minimum atomic E-state index is -0.380. The zero-order valence-corrected chi connectivity index (χ0v) is 5.79. The fourth-order valence-corrected chi connectivity index (χ4v) is 1.93. The monoisotopic (exact) mass is 141 g/mol. The molecule has 0 aromatic rings. The molecule has 3 nitrogen and oxygen atoms in total. The predicted octanol–water partition coefficient (Wildman–Crippen LogP) is -0.258. The van der Waals surface area contributed by atoms with E-state index in [1.54, 1.807) is 0 Å². The number of carbonyl (C=O) groups is 1. The van der Waals surface area contributed by atoms with E-state index >= 15 is 0 Å². The van der Waals surface area contributed by atoms with Crippen LogP contribution in [-0.4, -0.2) is 34.6 Å². The van der Waals surface area contributed by atoms with Crippen molar-refractivity contribution in [2.45, 2.75) is 31.4 Å². The molecule has 0 saturated carbocycles. The van der Waals surface area contributed by atoms with Crippen molar-refractivity contribution in [1.82, 2.24) is 4.90 Å². The van der Waals surface area contributed by atoms with Gasteiger partial charge in [-0.05, 0) is 12.8 Å².